The monoisotopic (exact) mass is 313 g/mol. The number of thiophene rings is 1. The molecule has 2 N–H and O–H groups in total. The van der Waals surface area contributed by atoms with E-state index in [1.807, 2.05) is 18.4 Å². The van der Waals surface area contributed by atoms with Crippen molar-refractivity contribution in [3.05, 3.63) is 44.0 Å². The van der Waals surface area contributed by atoms with Gasteiger partial charge >= 0.3 is 0 Å². The Bertz CT molecular complexity index is 613. The number of rotatable bonds is 6. The molecule has 0 saturated carbocycles. The summed E-state index contributed by atoms with van der Waals surface area (Å²) in [6.07, 6.45) is 2.37. The maximum atomic E-state index is 11.9. The maximum Gasteiger partial charge on any atom is 0.287 e. The van der Waals surface area contributed by atoms with Crippen molar-refractivity contribution in [3.8, 4) is 0 Å². The fourth-order valence-corrected chi connectivity index (χ4v) is 2.90. The molecule has 0 saturated heterocycles. The van der Waals surface area contributed by atoms with Crippen LogP contribution in [0.25, 0.3) is 0 Å². The van der Waals surface area contributed by atoms with Crippen LogP contribution < -0.4 is 10.9 Å². The molecule has 0 aliphatic heterocycles. The molecule has 108 valence electrons. The van der Waals surface area contributed by atoms with Gasteiger partial charge in [0, 0.05) is 17.3 Å². The van der Waals surface area contributed by atoms with Gasteiger partial charge in [-0.25, -0.2) is 4.68 Å². The Morgan fingerprint density at radius 3 is 3.05 bits per heavy atom. The van der Waals surface area contributed by atoms with E-state index in [0.29, 0.717) is 5.69 Å². The van der Waals surface area contributed by atoms with Gasteiger partial charge < -0.3 is 10.4 Å². The van der Waals surface area contributed by atoms with Crippen LogP contribution in [0.1, 0.15) is 11.8 Å². The van der Waals surface area contributed by atoms with Crippen LogP contribution in [0.2, 0.25) is 5.02 Å². The molecule has 0 bridgehead atoms. The van der Waals surface area contributed by atoms with Gasteiger partial charge in [-0.15, -0.1) is 11.3 Å². The van der Waals surface area contributed by atoms with Crippen molar-refractivity contribution < 1.29 is 5.11 Å². The van der Waals surface area contributed by atoms with E-state index in [2.05, 4.69) is 16.5 Å². The van der Waals surface area contributed by atoms with Crippen molar-refractivity contribution in [1.82, 2.24) is 9.78 Å². The lowest BCUT2D eigenvalue weighted by atomic mass is 10.2. The number of nitrogens with one attached hydrogen (secondary N) is 1. The van der Waals surface area contributed by atoms with Crippen molar-refractivity contribution in [1.29, 1.82) is 0 Å². The van der Waals surface area contributed by atoms with E-state index in [4.69, 9.17) is 16.7 Å². The number of hydrogen-bond acceptors (Lipinski definition) is 5. The molecular weight excluding hydrogens is 298 g/mol. The third kappa shape index (κ3) is 3.59. The van der Waals surface area contributed by atoms with Crippen LogP contribution >= 0.6 is 22.9 Å². The highest BCUT2D eigenvalue weighted by molar-refractivity contribution is 7.09. The highest BCUT2D eigenvalue weighted by Gasteiger charge is 2.12. The third-order valence-corrected chi connectivity index (χ3v) is 4.05. The van der Waals surface area contributed by atoms with Crippen LogP contribution in [0.5, 0.6) is 0 Å². The standard InChI is InChI=1S/C13H16ClN3O2S/c1-9(7-10-3-2-6-20-10)16-11-8-15-17(4-5-18)13(19)12(11)14/h2-3,6,8-9,16,18H,4-5,7H2,1H3. The second-order valence-corrected chi connectivity index (χ2v) is 5.86. The second kappa shape index (κ2) is 6.88. The molecule has 0 radical (unpaired) electrons. The van der Waals surface area contributed by atoms with Crippen LogP contribution in [0.3, 0.4) is 0 Å². The summed E-state index contributed by atoms with van der Waals surface area (Å²) in [4.78, 5) is 13.2. The van der Waals surface area contributed by atoms with Gasteiger partial charge in [-0.3, -0.25) is 4.79 Å². The maximum absolute atomic E-state index is 11.9. The zero-order valence-electron chi connectivity index (χ0n) is 11.0. The van der Waals surface area contributed by atoms with Gasteiger partial charge in [0.2, 0.25) is 0 Å². The Morgan fingerprint density at radius 2 is 2.40 bits per heavy atom. The number of hydrogen-bond donors (Lipinski definition) is 2. The Balaban J connectivity index is 2.09. The predicted molar refractivity (Wildman–Crippen MR) is 81.7 cm³/mol. The normalized spacial score (nSPS) is 12.3. The van der Waals surface area contributed by atoms with Crippen molar-refractivity contribution in [3.63, 3.8) is 0 Å². The van der Waals surface area contributed by atoms with E-state index in [9.17, 15) is 4.79 Å². The molecule has 2 aromatic rings. The van der Waals surface area contributed by atoms with Crippen molar-refractivity contribution in [2.24, 2.45) is 0 Å². The largest absolute Gasteiger partial charge is 0.394 e. The number of aliphatic hydroxyl groups excluding tert-OH is 1. The third-order valence-electron chi connectivity index (χ3n) is 2.79. The van der Waals surface area contributed by atoms with E-state index in [1.54, 1.807) is 11.3 Å². The summed E-state index contributed by atoms with van der Waals surface area (Å²) in [5.74, 6) is 0. The van der Waals surface area contributed by atoms with Crippen LogP contribution in [-0.4, -0.2) is 27.5 Å². The number of nitrogens with zero attached hydrogens (tertiary/aromatic N) is 2. The first-order valence-corrected chi connectivity index (χ1v) is 7.53. The summed E-state index contributed by atoms with van der Waals surface area (Å²) in [6, 6.07) is 4.22. The van der Waals surface area contributed by atoms with Gasteiger partial charge in [0.05, 0.1) is 25.0 Å². The van der Waals surface area contributed by atoms with Gasteiger partial charge in [-0.05, 0) is 18.4 Å². The highest BCUT2D eigenvalue weighted by atomic mass is 35.5. The molecule has 2 rings (SSSR count). The van der Waals surface area contributed by atoms with Gasteiger partial charge in [0.15, 0.2) is 0 Å². The van der Waals surface area contributed by atoms with Crippen molar-refractivity contribution >= 4 is 28.6 Å². The SMILES string of the molecule is CC(Cc1cccs1)Nc1cnn(CCO)c(=O)c1Cl. The molecule has 0 aromatic carbocycles. The fraction of sp³-hybridized carbons (Fsp3) is 0.385. The number of aromatic nitrogens is 2. The fourth-order valence-electron chi connectivity index (χ4n) is 1.87. The molecule has 2 heterocycles. The van der Waals surface area contributed by atoms with Crippen molar-refractivity contribution in [2.75, 3.05) is 11.9 Å². The molecular formula is C13H16ClN3O2S. The predicted octanol–water partition coefficient (Wildman–Crippen LogP) is 1.99. The Kier molecular flexibility index (Phi) is 5.17. The van der Waals surface area contributed by atoms with E-state index in [0.717, 1.165) is 11.1 Å². The molecule has 2 aromatic heterocycles. The molecule has 0 fully saturated rings. The van der Waals surface area contributed by atoms with Gasteiger partial charge in [0.25, 0.3) is 5.56 Å². The van der Waals surface area contributed by atoms with Crippen molar-refractivity contribution in [2.45, 2.75) is 25.9 Å². The van der Waals surface area contributed by atoms with Crippen LogP contribution in [0.15, 0.2) is 28.5 Å². The minimum Gasteiger partial charge on any atom is -0.394 e. The van der Waals surface area contributed by atoms with Crippen LogP contribution in [-0.2, 0) is 13.0 Å². The quantitative estimate of drug-likeness (QED) is 0.856. The first-order chi connectivity index (χ1) is 9.61. The summed E-state index contributed by atoms with van der Waals surface area (Å²) in [6.45, 7) is 2.02. The molecule has 0 spiro atoms. The number of aliphatic hydroxyl groups is 1. The molecule has 0 aliphatic carbocycles. The number of anilines is 1. The first kappa shape index (κ1) is 15.0. The minimum absolute atomic E-state index is 0.103. The topological polar surface area (TPSA) is 67.2 Å². The summed E-state index contributed by atoms with van der Waals surface area (Å²) in [5.41, 5.74) is 0.129. The average molecular weight is 314 g/mol. The molecule has 0 amide bonds. The van der Waals surface area contributed by atoms with Gasteiger partial charge in [0.1, 0.15) is 5.02 Å². The summed E-state index contributed by atoms with van der Waals surface area (Å²) >= 11 is 7.74. The van der Waals surface area contributed by atoms with E-state index < -0.39 is 5.56 Å². The molecule has 1 unspecified atom stereocenters. The second-order valence-electron chi connectivity index (χ2n) is 4.45. The van der Waals surface area contributed by atoms with Crippen LogP contribution in [0, 0.1) is 0 Å². The molecule has 20 heavy (non-hydrogen) atoms. The smallest absolute Gasteiger partial charge is 0.287 e. The lowest BCUT2D eigenvalue weighted by molar-refractivity contribution is 0.266. The van der Waals surface area contributed by atoms with Gasteiger partial charge in [-0.2, -0.15) is 5.10 Å². The zero-order chi connectivity index (χ0) is 14.5. The Labute approximate surface area is 125 Å². The van der Waals surface area contributed by atoms with Gasteiger partial charge in [-0.1, -0.05) is 17.7 Å². The molecule has 0 aliphatic rings. The minimum atomic E-state index is -0.394. The molecule has 1 atom stereocenters. The Hall–Kier alpha value is -1.37. The summed E-state index contributed by atoms with van der Waals surface area (Å²) in [7, 11) is 0. The first-order valence-electron chi connectivity index (χ1n) is 6.27. The van der Waals surface area contributed by atoms with E-state index >= 15 is 0 Å². The lowest BCUT2D eigenvalue weighted by Crippen LogP contribution is -2.27. The Morgan fingerprint density at radius 1 is 1.60 bits per heavy atom. The van der Waals surface area contributed by atoms with E-state index in [-0.39, 0.29) is 24.2 Å². The summed E-state index contributed by atoms with van der Waals surface area (Å²) < 4.78 is 1.15. The average Bonchev–Trinajstić information content (AvgIpc) is 2.91. The molecule has 7 heteroatoms. The lowest BCUT2D eigenvalue weighted by Gasteiger charge is -2.15. The van der Waals surface area contributed by atoms with E-state index in [1.165, 1.54) is 11.1 Å². The van der Waals surface area contributed by atoms with Crippen LogP contribution in [0.4, 0.5) is 5.69 Å². The molecule has 5 nitrogen and oxygen atoms in total. The summed E-state index contributed by atoms with van der Waals surface area (Å²) in [5, 5.41) is 18.1. The zero-order valence-corrected chi connectivity index (χ0v) is 12.6. The highest BCUT2D eigenvalue weighted by Crippen LogP contribution is 2.18. The number of halogens is 1.